The van der Waals surface area contributed by atoms with Crippen LogP contribution in [0.25, 0.3) is 10.8 Å². The molecular formula is C25H30N12O5S2. The maximum atomic E-state index is 13.8. The number of fused-ring (bicyclic) bond motifs is 2. The molecule has 6 rings (SSSR count). The van der Waals surface area contributed by atoms with Crippen molar-refractivity contribution in [1.29, 1.82) is 0 Å². The lowest BCUT2D eigenvalue weighted by atomic mass is 10.1. The second-order valence-corrected chi connectivity index (χ2v) is 13.4. The minimum Gasteiger partial charge on any atom is -0.349 e. The van der Waals surface area contributed by atoms with Crippen LogP contribution in [-0.4, -0.2) is 97.0 Å². The molecule has 1 fully saturated rings. The van der Waals surface area contributed by atoms with Crippen LogP contribution in [-0.2, 0) is 39.5 Å². The maximum absolute atomic E-state index is 13.8. The molecule has 44 heavy (non-hydrogen) atoms. The van der Waals surface area contributed by atoms with Crippen LogP contribution < -0.4 is 16.5 Å². The lowest BCUT2D eigenvalue weighted by Gasteiger charge is -2.40. The Kier molecular flexibility index (Phi) is 8.36. The van der Waals surface area contributed by atoms with Gasteiger partial charge < -0.3 is 20.5 Å². The second kappa shape index (κ2) is 12.4. The number of amides is 2. The summed E-state index contributed by atoms with van der Waals surface area (Å²) in [6, 6.07) is 4.76. The molecule has 0 aliphatic carbocycles. The topological polar surface area (TPSA) is 219 Å². The first-order valence-corrected chi connectivity index (χ1v) is 16.0. The first kappa shape index (κ1) is 29.8. The molecule has 17 nitrogen and oxygen atoms in total. The van der Waals surface area contributed by atoms with Crippen LogP contribution in [0.4, 0.5) is 0 Å². The summed E-state index contributed by atoms with van der Waals surface area (Å²) in [4.78, 5) is 38.2. The van der Waals surface area contributed by atoms with Crippen molar-refractivity contribution in [1.82, 2.24) is 49.4 Å². The molecule has 19 heteroatoms. The Hall–Kier alpha value is -4.30. The van der Waals surface area contributed by atoms with Crippen molar-refractivity contribution >= 4 is 50.3 Å². The number of rotatable bonds is 9. The summed E-state index contributed by atoms with van der Waals surface area (Å²) in [5, 5.41) is 24.8. The summed E-state index contributed by atoms with van der Waals surface area (Å²) < 4.78 is 30.1. The number of nitrogens with one attached hydrogen (secondary N) is 3. The number of nitrogens with two attached hydrogens (primary N) is 1. The molecule has 0 radical (unpaired) electrons. The lowest BCUT2D eigenvalue weighted by Crippen LogP contribution is -2.58. The number of piperazine rings is 1. The number of nitrogens with zero attached hydrogens (tertiary/aromatic N) is 8. The largest absolute Gasteiger partial charge is 0.349 e. The summed E-state index contributed by atoms with van der Waals surface area (Å²) in [7, 11) is -4.04. The summed E-state index contributed by atoms with van der Waals surface area (Å²) in [6.07, 6.45) is 5.01. The number of hydrogen-bond acceptors (Lipinski definition) is 13. The molecule has 2 unspecified atom stereocenters. The number of hydrogen-bond donors (Lipinski definition) is 4. The quantitative estimate of drug-likeness (QED) is 0.135. The van der Waals surface area contributed by atoms with Gasteiger partial charge in [0.05, 0.1) is 24.5 Å². The van der Waals surface area contributed by atoms with E-state index in [2.05, 4.69) is 53.3 Å². The number of carbonyl (C=O) groups excluding carboxylic acids is 2. The molecular weight excluding hydrogens is 612 g/mol. The van der Waals surface area contributed by atoms with E-state index in [1.54, 1.807) is 23.1 Å². The first-order chi connectivity index (χ1) is 21.2. The average molecular weight is 643 g/mol. The van der Waals surface area contributed by atoms with Crippen LogP contribution >= 0.6 is 11.3 Å². The molecule has 4 aromatic rings. The fourth-order valence-corrected chi connectivity index (χ4v) is 7.73. The highest BCUT2D eigenvalue weighted by atomic mass is 32.2. The van der Waals surface area contributed by atoms with Gasteiger partial charge in [0.2, 0.25) is 5.91 Å². The minimum atomic E-state index is -4.04. The van der Waals surface area contributed by atoms with Gasteiger partial charge in [-0.05, 0) is 18.6 Å². The van der Waals surface area contributed by atoms with Gasteiger partial charge in [-0.1, -0.05) is 22.5 Å². The number of benzene rings is 1. The van der Waals surface area contributed by atoms with E-state index in [1.165, 1.54) is 34.3 Å². The van der Waals surface area contributed by atoms with Crippen LogP contribution in [0.2, 0.25) is 0 Å². The SMILES string of the molecule is CC1Cc2nc(C(=O)N3CCN(S(=O)(=O)n4cc5ccc(/C=N/ON)cc5c4)CC3CC(=O)NCc3nn[nH]n3)sc2CN1. The highest BCUT2D eigenvalue weighted by Crippen LogP contribution is 2.27. The number of H-pyrrole nitrogens is 1. The molecule has 0 bridgehead atoms. The van der Waals surface area contributed by atoms with Crippen LogP contribution in [0, 0.1) is 0 Å². The first-order valence-electron chi connectivity index (χ1n) is 13.7. The smallest absolute Gasteiger partial charge is 0.307 e. The third kappa shape index (κ3) is 6.17. The zero-order valence-corrected chi connectivity index (χ0v) is 25.2. The third-order valence-corrected chi connectivity index (χ3v) is 10.3. The maximum Gasteiger partial charge on any atom is 0.307 e. The van der Waals surface area contributed by atoms with Crippen molar-refractivity contribution in [2.45, 2.75) is 44.9 Å². The number of oxime groups is 1. The fraction of sp³-hybridized carbons (Fsp3) is 0.400. The number of aromatic amines is 1. The van der Waals surface area contributed by atoms with Crippen molar-refractivity contribution in [3.8, 4) is 0 Å². The molecule has 1 aromatic carbocycles. The Morgan fingerprint density at radius 1 is 1.27 bits per heavy atom. The normalized spacial score (nSPS) is 19.4. The highest BCUT2D eigenvalue weighted by molar-refractivity contribution is 7.87. The van der Waals surface area contributed by atoms with Crippen molar-refractivity contribution in [3.63, 3.8) is 0 Å². The lowest BCUT2D eigenvalue weighted by molar-refractivity contribution is -0.122. The monoisotopic (exact) mass is 642 g/mol. The van der Waals surface area contributed by atoms with Gasteiger partial charge in [0.1, 0.15) is 0 Å². The minimum absolute atomic E-state index is 0.0302. The van der Waals surface area contributed by atoms with E-state index in [1.807, 2.05) is 0 Å². The van der Waals surface area contributed by atoms with E-state index in [0.29, 0.717) is 40.1 Å². The van der Waals surface area contributed by atoms with Gasteiger partial charge in [0.15, 0.2) is 10.8 Å². The van der Waals surface area contributed by atoms with Gasteiger partial charge in [-0.15, -0.1) is 27.4 Å². The second-order valence-electron chi connectivity index (χ2n) is 10.5. The molecule has 2 atom stereocenters. The van der Waals surface area contributed by atoms with E-state index in [0.717, 1.165) is 14.5 Å². The van der Waals surface area contributed by atoms with E-state index >= 15 is 0 Å². The Labute approximate surface area is 255 Å². The van der Waals surface area contributed by atoms with E-state index in [-0.39, 0.29) is 44.5 Å². The van der Waals surface area contributed by atoms with Crippen LogP contribution in [0.15, 0.2) is 35.7 Å². The molecule has 2 aliphatic rings. The molecule has 3 aromatic heterocycles. The molecule has 0 spiro atoms. The van der Waals surface area contributed by atoms with Crippen molar-refractivity contribution in [2.75, 3.05) is 19.6 Å². The number of tetrazole rings is 1. The zero-order chi connectivity index (χ0) is 30.8. The van der Waals surface area contributed by atoms with Gasteiger partial charge in [-0.25, -0.2) is 8.96 Å². The number of aromatic nitrogens is 6. The zero-order valence-electron chi connectivity index (χ0n) is 23.6. The van der Waals surface area contributed by atoms with E-state index in [9.17, 15) is 18.0 Å². The molecule has 5 heterocycles. The van der Waals surface area contributed by atoms with Gasteiger partial charge >= 0.3 is 10.2 Å². The number of carbonyl (C=O) groups is 2. The van der Waals surface area contributed by atoms with Crippen molar-refractivity contribution in [2.24, 2.45) is 11.1 Å². The summed E-state index contributed by atoms with van der Waals surface area (Å²) >= 11 is 1.33. The standard InChI is InChI=1S/C25H30N12O5S2/c1-15-6-20-21(10-27-15)43-24(30-20)25(39)37-5-4-35(14-19(37)8-23(38)28-11-22-31-33-34-32-22)44(40,41)36-12-17-3-2-16(9-29-42-26)7-18(17)13-36/h2-3,7,9,12-13,15,19,27H,4-6,8,10-11,14,26H2,1H3,(H,28,38)(H,31,32,33,34)/b29-9+. The van der Waals surface area contributed by atoms with E-state index < -0.39 is 22.2 Å². The Morgan fingerprint density at radius 3 is 2.91 bits per heavy atom. The van der Waals surface area contributed by atoms with Gasteiger partial charge in [0.25, 0.3) is 5.91 Å². The Balaban J connectivity index is 1.24. The van der Waals surface area contributed by atoms with Crippen molar-refractivity contribution in [3.05, 3.63) is 57.6 Å². The summed E-state index contributed by atoms with van der Waals surface area (Å²) in [6.45, 7) is 2.76. The molecule has 232 valence electrons. The fourth-order valence-electron chi connectivity index (χ4n) is 5.30. The Bertz CT molecular complexity index is 1800. The molecule has 1 saturated heterocycles. The molecule has 2 amide bonds. The summed E-state index contributed by atoms with van der Waals surface area (Å²) in [5.74, 6) is 4.52. The predicted octanol–water partition coefficient (Wildman–Crippen LogP) is -0.505. The molecule has 2 aliphatic heterocycles. The van der Waals surface area contributed by atoms with Crippen LogP contribution in [0.3, 0.4) is 0 Å². The molecule has 5 N–H and O–H groups in total. The van der Waals surface area contributed by atoms with E-state index in [4.69, 9.17) is 5.90 Å². The number of thiazole rings is 1. The van der Waals surface area contributed by atoms with Crippen LogP contribution in [0.5, 0.6) is 0 Å². The summed E-state index contributed by atoms with van der Waals surface area (Å²) in [5.41, 5.74) is 1.57. The van der Waals surface area contributed by atoms with Gasteiger partial charge in [0, 0.05) is 73.1 Å². The predicted molar refractivity (Wildman–Crippen MR) is 158 cm³/mol. The van der Waals surface area contributed by atoms with Gasteiger partial charge in [-0.2, -0.15) is 17.9 Å². The Morgan fingerprint density at radius 2 is 2.11 bits per heavy atom. The average Bonchev–Trinajstić information content (AvgIpc) is 3.78. The third-order valence-electron chi connectivity index (χ3n) is 7.53. The molecule has 0 saturated carbocycles. The van der Waals surface area contributed by atoms with Crippen molar-refractivity contribution < 1.29 is 22.9 Å². The highest BCUT2D eigenvalue weighted by Gasteiger charge is 2.39. The van der Waals surface area contributed by atoms with Crippen LogP contribution in [0.1, 0.15) is 45.1 Å². The van der Waals surface area contributed by atoms with Gasteiger partial charge in [-0.3, -0.25) is 9.59 Å².